The SMILES string of the molecule is CCn1c(C)cc2cc(NC(=O)c3cccnc3C)ccc21. The van der Waals surface area contributed by atoms with Crippen LogP contribution < -0.4 is 5.32 Å². The largest absolute Gasteiger partial charge is 0.345 e. The number of hydrogen-bond donors (Lipinski definition) is 1. The molecule has 0 atom stereocenters. The summed E-state index contributed by atoms with van der Waals surface area (Å²) in [7, 11) is 0. The van der Waals surface area contributed by atoms with Crippen LogP contribution in [0.2, 0.25) is 0 Å². The highest BCUT2D eigenvalue weighted by molar-refractivity contribution is 6.05. The van der Waals surface area contributed by atoms with Crippen LogP contribution in [0.5, 0.6) is 0 Å². The van der Waals surface area contributed by atoms with Gasteiger partial charge in [0.15, 0.2) is 0 Å². The van der Waals surface area contributed by atoms with Crippen molar-refractivity contribution >= 4 is 22.5 Å². The maximum absolute atomic E-state index is 12.3. The second-order valence-electron chi connectivity index (χ2n) is 5.39. The molecule has 0 fully saturated rings. The monoisotopic (exact) mass is 293 g/mol. The van der Waals surface area contributed by atoms with Gasteiger partial charge in [-0.25, -0.2) is 0 Å². The van der Waals surface area contributed by atoms with E-state index in [1.807, 2.05) is 19.1 Å². The van der Waals surface area contributed by atoms with Gasteiger partial charge in [0.2, 0.25) is 0 Å². The molecule has 0 aliphatic heterocycles. The molecule has 3 rings (SSSR count). The van der Waals surface area contributed by atoms with E-state index in [-0.39, 0.29) is 5.91 Å². The number of aromatic nitrogens is 2. The van der Waals surface area contributed by atoms with Crippen LogP contribution in [0.25, 0.3) is 10.9 Å². The normalized spacial score (nSPS) is 10.9. The Hall–Kier alpha value is -2.62. The van der Waals surface area contributed by atoms with E-state index in [9.17, 15) is 4.79 Å². The number of nitrogens with one attached hydrogen (secondary N) is 1. The lowest BCUT2D eigenvalue weighted by Crippen LogP contribution is -2.13. The first-order valence-electron chi connectivity index (χ1n) is 7.43. The number of anilines is 1. The standard InChI is InChI=1S/C18H19N3O/c1-4-21-12(2)10-14-11-15(7-8-17(14)21)20-18(22)16-6-5-9-19-13(16)3/h5-11H,4H2,1-3H3,(H,20,22). The fraction of sp³-hybridized carbons (Fsp3) is 0.222. The Morgan fingerprint density at radius 2 is 2.05 bits per heavy atom. The minimum atomic E-state index is -0.128. The summed E-state index contributed by atoms with van der Waals surface area (Å²) >= 11 is 0. The number of pyridine rings is 1. The molecule has 2 aromatic heterocycles. The van der Waals surface area contributed by atoms with Gasteiger partial charge in [0.1, 0.15) is 0 Å². The van der Waals surface area contributed by atoms with Crippen molar-refractivity contribution in [1.82, 2.24) is 9.55 Å². The van der Waals surface area contributed by atoms with Crippen LogP contribution in [0.1, 0.15) is 28.7 Å². The van der Waals surface area contributed by atoms with E-state index < -0.39 is 0 Å². The Morgan fingerprint density at radius 3 is 2.77 bits per heavy atom. The number of carbonyl (C=O) groups is 1. The summed E-state index contributed by atoms with van der Waals surface area (Å²) < 4.78 is 2.26. The molecule has 0 saturated heterocycles. The van der Waals surface area contributed by atoms with Crippen LogP contribution in [0.15, 0.2) is 42.6 Å². The van der Waals surface area contributed by atoms with Crippen molar-refractivity contribution in [2.45, 2.75) is 27.3 Å². The van der Waals surface area contributed by atoms with Crippen LogP contribution in [0.3, 0.4) is 0 Å². The van der Waals surface area contributed by atoms with E-state index in [0.29, 0.717) is 5.56 Å². The fourth-order valence-corrected chi connectivity index (χ4v) is 2.83. The molecule has 0 unspecified atom stereocenters. The average molecular weight is 293 g/mol. The Kier molecular flexibility index (Phi) is 3.67. The average Bonchev–Trinajstić information content (AvgIpc) is 2.81. The molecule has 4 nitrogen and oxygen atoms in total. The molecule has 112 valence electrons. The first-order chi connectivity index (χ1) is 10.6. The van der Waals surface area contributed by atoms with Crippen molar-refractivity contribution in [3.8, 4) is 0 Å². The van der Waals surface area contributed by atoms with E-state index in [1.54, 1.807) is 18.3 Å². The highest BCUT2D eigenvalue weighted by Crippen LogP contribution is 2.23. The van der Waals surface area contributed by atoms with Gasteiger partial charge in [-0.3, -0.25) is 9.78 Å². The molecule has 3 aromatic rings. The number of aryl methyl sites for hydroxylation is 3. The molecule has 4 heteroatoms. The Balaban J connectivity index is 1.91. The van der Waals surface area contributed by atoms with Crippen LogP contribution >= 0.6 is 0 Å². The van der Waals surface area contributed by atoms with E-state index >= 15 is 0 Å². The molecule has 0 spiro atoms. The molecule has 0 bridgehead atoms. The van der Waals surface area contributed by atoms with Gasteiger partial charge < -0.3 is 9.88 Å². The van der Waals surface area contributed by atoms with Gasteiger partial charge in [0.25, 0.3) is 5.91 Å². The first kappa shape index (κ1) is 14.3. The van der Waals surface area contributed by atoms with Gasteiger partial charge in [0.05, 0.1) is 5.56 Å². The first-order valence-corrected chi connectivity index (χ1v) is 7.43. The van der Waals surface area contributed by atoms with Crippen molar-refractivity contribution < 1.29 is 4.79 Å². The van der Waals surface area contributed by atoms with Crippen LogP contribution in [-0.4, -0.2) is 15.5 Å². The van der Waals surface area contributed by atoms with E-state index in [0.717, 1.165) is 23.3 Å². The number of fused-ring (bicyclic) bond motifs is 1. The number of nitrogens with zero attached hydrogens (tertiary/aromatic N) is 2. The van der Waals surface area contributed by atoms with Crippen molar-refractivity contribution in [1.29, 1.82) is 0 Å². The van der Waals surface area contributed by atoms with Crippen molar-refractivity contribution in [3.05, 3.63) is 59.5 Å². The number of amides is 1. The van der Waals surface area contributed by atoms with E-state index in [2.05, 4.69) is 40.8 Å². The Labute approximate surface area is 129 Å². The summed E-state index contributed by atoms with van der Waals surface area (Å²) in [6, 6.07) is 11.7. The van der Waals surface area contributed by atoms with Gasteiger partial charge in [-0.05, 0) is 57.2 Å². The van der Waals surface area contributed by atoms with Gasteiger partial charge in [-0.2, -0.15) is 0 Å². The Bertz CT molecular complexity index is 849. The molecule has 0 aliphatic carbocycles. The van der Waals surface area contributed by atoms with Crippen LogP contribution in [-0.2, 0) is 6.54 Å². The molecule has 1 aromatic carbocycles. The quantitative estimate of drug-likeness (QED) is 0.795. The van der Waals surface area contributed by atoms with Crippen molar-refractivity contribution in [2.75, 3.05) is 5.32 Å². The molecule has 0 radical (unpaired) electrons. The predicted octanol–water partition coefficient (Wildman–Crippen LogP) is 3.93. The summed E-state index contributed by atoms with van der Waals surface area (Å²) in [5, 5.41) is 4.09. The maximum atomic E-state index is 12.3. The summed E-state index contributed by atoms with van der Waals surface area (Å²) in [6.07, 6.45) is 1.69. The molecule has 1 amide bonds. The van der Waals surface area contributed by atoms with Gasteiger partial charge in [-0.1, -0.05) is 0 Å². The zero-order valence-electron chi connectivity index (χ0n) is 13.1. The fourth-order valence-electron chi connectivity index (χ4n) is 2.83. The number of hydrogen-bond acceptors (Lipinski definition) is 2. The molecule has 22 heavy (non-hydrogen) atoms. The minimum Gasteiger partial charge on any atom is -0.345 e. The van der Waals surface area contributed by atoms with Gasteiger partial charge >= 0.3 is 0 Å². The summed E-state index contributed by atoms with van der Waals surface area (Å²) in [5.41, 5.74) is 4.55. The molecule has 1 N–H and O–H groups in total. The second kappa shape index (κ2) is 5.64. The van der Waals surface area contributed by atoms with Crippen LogP contribution in [0.4, 0.5) is 5.69 Å². The predicted molar refractivity (Wildman–Crippen MR) is 89.3 cm³/mol. The maximum Gasteiger partial charge on any atom is 0.257 e. The lowest BCUT2D eigenvalue weighted by atomic mass is 10.1. The number of rotatable bonds is 3. The molecular formula is C18H19N3O. The van der Waals surface area contributed by atoms with E-state index in [1.165, 1.54) is 11.2 Å². The minimum absolute atomic E-state index is 0.128. The molecular weight excluding hydrogens is 274 g/mol. The third-order valence-corrected chi connectivity index (χ3v) is 3.93. The second-order valence-corrected chi connectivity index (χ2v) is 5.39. The smallest absolute Gasteiger partial charge is 0.257 e. The highest BCUT2D eigenvalue weighted by atomic mass is 16.1. The topological polar surface area (TPSA) is 46.9 Å². The Morgan fingerprint density at radius 1 is 1.23 bits per heavy atom. The summed E-state index contributed by atoms with van der Waals surface area (Å²) in [5.74, 6) is -0.128. The third-order valence-electron chi connectivity index (χ3n) is 3.93. The molecule has 0 aliphatic rings. The summed E-state index contributed by atoms with van der Waals surface area (Å²) in [6.45, 7) is 7.01. The van der Waals surface area contributed by atoms with Crippen molar-refractivity contribution in [2.24, 2.45) is 0 Å². The highest BCUT2D eigenvalue weighted by Gasteiger charge is 2.11. The number of carbonyl (C=O) groups excluding carboxylic acids is 1. The van der Waals surface area contributed by atoms with Gasteiger partial charge in [-0.15, -0.1) is 0 Å². The third kappa shape index (κ3) is 2.48. The van der Waals surface area contributed by atoms with E-state index in [4.69, 9.17) is 0 Å². The van der Waals surface area contributed by atoms with Crippen LogP contribution in [0, 0.1) is 13.8 Å². The van der Waals surface area contributed by atoms with Crippen molar-refractivity contribution in [3.63, 3.8) is 0 Å². The zero-order valence-corrected chi connectivity index (χ0v) is 13.1. The molecule has 2 heterocycles. The van der Waals surface area contributed by atoms with Gasteiger partial charge in [0, 0.05) is 40.7 Å². The lowest BCUT2D eigenvalue weighted by molar-refractivity contribution is 0.102. The number of benzene rings is 1. The zero-order chi connectivity index (χ0) is 15.7. The summed E-state index contributed by atoms with van der Waals surface area (Å²) in [4.78, 5) is 16.5. The molecule has 0 saturated carbocycles. The lowest BCUT2D eigenvalue weighted by Gasteiger charge is -2.08.